The molecule has 2 nitrogen and oxygen atoms in total. The van der Waals surface area contributed by atoms with E-state index in [1.54, 1.807) is 0 Å². The van der Waals surface area contributed by atoms with Crippen LogP contribution in [0.2, 0.25) is 0 Å². The molecule has 0 bridgehead atoms. The Morgan fingerprint density at radius 3 is 2.59 bits per heavy atom. The van der Waals surface area contributed by atoms with Crippen LogP contribution in [0.5, 0.6) is 0 Å². The largest absolute Gasteiger partial charge is 0.334 e. The molecule has 22 heavy (non-hydrogen) atoms. The Morgan fingerprint density at radius 1 is 1.05 bits per heavy atom. The lowest BCUT2D eigenvalue weighted by molar-refractivity contribution is 0.522. The van der Waals surface area contributed by atoms with E-state index < -0.39 is 0 Å². The highest BCUT2D eigenvalue weighted by Crippen LogP contribution is 2.30. The fourth-order valence-electron chi connectivity index (χ4n) is 3.08. The molecule has 3 aromatic rings. The van der Waals surface area contributed by atoms with Crippen LogP contribution in [0, 0.1) is 0 Å². The minimum atomic E-state index is 1.11. The van der Waals surface area contributed by atoms with Crippen molar-refractivity contribution in [1.29, 1.82) is 0 Å². The average molecular weight is 308 g/mol. The lowest BCUT2D eigenvalue weighted by atomic mass is 10.1. The fourth-order valence-corrected chi connectivity index (χ4v) is 4.03. The molecule has 4 rings (SSSR count). The maximum absolute atomic E-state index is 4.81. The predicted octanol–water partition coefficient (Wildman–Crippen LogP) is 5.18. The molecular weight excluding hydrogens is 288 g/mol. The second kappa shape index (κ2) is 5.73. The molecule has 1 aliphatic heterocycles. The zero-order valence-electron chi connectivity index (χ0n) is 12.9. The van der Waals surface area contributed by atoms with Crippen LogP contribution in [0.3, 0.4) is 0 Å². The summed E-state index contributed by atoms with van der Waals surface area (Å²) in [4.78, 5) is 7.61. The highest BCUT2D eigenvalue weighted by Gasteiger charge is 2.13. The second-order valence-electron chi connectivity index (χ2n) is 5.89. The average Bonchev–Trinajstić information content (AvgIpc) is 3.21. The number of fused-ring (bicyclic) bond motifs is 1. The monoisotopic (exact) mass is 308 g/mol. The van der Waals surface area contributed by atoms with E-state index in [9.17, 15) is 0 Å². The summed E-state index contributed by atoms with van der Waals surface area (Å²) in [5.74, 6) is 1.25. The van der Waals surface area contributed by atoms with Crippen molar-refractivity contribution >= 4 is 11.3 Å². The Labute approximate surface area is 135 Å². The third-order valence-corrected chi connectivity index (χ3v) is 5.66. The lowest BCUT2D eigenvalue weighted by Gasteiger charge is -2.11. The molecule has 0 spiro atoms. The molecule has 1 aliphatic rings. The molecule has 2 aromatic heterocycles. The molecule has 0 saturated heterocycles. The number of benzene rings is 1. The minimum absolute atomic E-state index is 1.11. The first kappa shape index (κ1) is 13.8. The zero-order chi connectivity index (χ0) is 14.9. The van der Waals surface area contributed by atoms with Gasteiger partial charge in [0, 0.05) is 34.5 Å². The number of imidazole rings is 1. The third-order valence-electron chi connectivity index (χ3n) is 4.38. The van der Waals surface area contributed by atoms with Gasteiger partial charge in [0.05, 0.1) is 5.69 Å². The van der Waals surface area contributed by atoms with E-state index >= 15 is 0 Å². The number of aromatic nitrogens is 2. The van der Waals surface area contributed by atoms with Crippen LogP contribution in [0.4, 0.5) is 0 Å². The molecule has 112 valence electrons. The number of nitrogens with zero attached hydrogens (tertiary/aromatic N) is 2. The van der Waals surface area contributed by atoms with Crippen LogP contribution < -0.4 is 0 Å². The van der Waals surface area contributed by atoms with Gasteiger partial charge in [0.2, 0.25) is 0 Å². The minimum Gasteiger partial charge on any atom is -0.334 e. The highest BCUT2D eigenvalue weighted by atomic mass is 32.1. The van der Waals surface area contributed by atoms with Gasteiger partial charge in [-0.15, -0.1) is 11.3 Å². The van der Waals surface area contributed by atoms with E-state index in [2.05, 4.69) is 54.1 Å². The molecule has 3 heteroatoms. The van der Waals surface area contributed by atoms with Crippen molar-refractivity contribution in [3.8, 4) is 21.7 Å². The third kappa shape index (κ3) is 2.50. The second-order valence-corrected chi connectivity index (χ2v) is 7.06. The standard InChI is InChI=1S/C19H20N2S/c1-2-16-10-11-18(22-16)15-8-6-14(7-9-15)17-13-21-12-4-3-5-19(21)20-17/h6-11,13H,2-5,12H2,1H3. The summed E-state index contributed by atoms with van der Waals surface area (Å²) in [5.41, 5.74) is 3.64. The van der Waals surface area contributed by atoms with Gasteiger partial charge in [-0.05, 0) is 37.0 Å². The Balaban J connectivity index is 1.62. The summed E-state index contributed by atoms with van der Waals surface area (Å²) < 4.78 is 2.32. The maximum atomic E-state index is 4.81. The maximum Gasteiger partial charge on any atom is 0.109 e. The van der Waals surface area contributed by atoms with Gasteiger partial charge in [0.25, 0.3) is 0 Å². The normalized spacial score (nSPS) is 14.0. The van der Waals surface area contributed by atoms with E-state index in [-0.39, 0.29) is 0 Å². The van der Waals surface area contributed by atoms with E-state index in [0.29, 0.717) is 0 Å². The Hall–Kier alpha value is -1.87. The summed E-state index contributed by atoms with van der Waals surface area (Å²) in [6.45, 7) is 3.33. The zero-order valence-corrected chi connectivity index (χ0v) is 13.7. The molecular formula is C19H20N2S. The number of hydrogen-bond acceptors (Lipinski definition) is 2. The van der Waals surface area contributed by atoms with Crippen LogP contribution in [0.15, 0.2) is 42.6 Å². The van der Waals surface area contributed by atoms with Crippen molar-refractivity contribution in [3.05, 3.63) is 53.3 Å². The molecule has 3 heterocycles. The Morgan fingerprint density at radius 2 is 1.86 bits per heavy atom. The predicted molar refractivity (Wildman–Crippen MR) is 93.3 cm³/mol. The van der Waals surface area contributed by atoms with Crippen LogP contribution in [-0.2, 0) is 19.4 Å². The van der Waals surface area contributed by atoms with Gasteiger partial charge in [0.15, 0.2) is 0 Å². The SMILES string of the molecule is CCc1ccc(-c2ccc(-c3cn4c(n3)CCCC4)cc2)s1. The quantitative estimate of drug-likeness (QED) is 0.652. The lowest BCUT2D eigenvalue weighted by Crippen LogP contribution is -2.08. The van der Waals surface area contributed by atoms with Crippen molar-refractivity contribution in [2.45, 2.75) is 39.2 Å². The van der Waals surface area contributed by atoms with Gasteiger partial charge in [0.1, 0.15) is 5.82 Å². The molecule has 1 aromatic carbocycles. The van der Waals surface area contributed by atoms with Crippen molar-refractivity contribution in [2.75, 3.05) is 0 Å². The Kier molecular flexibility index (Phi) is 3.59. The molecule has 0 saturated carbocycles. The van der Waals surface area contributed by atoms with Crippen LogP contribution in [-0.4, -0.2) is 9.55 Å². The van der Waals surface area contributed by atoms with Gasteiger partial charge in [-0.2, -0.15) is 0 Å². The summed E-state index contributed by atoms with van der Waals surface area (Å²) in [5, 5.41) is 0. The van der Waals surface area contributed by atoms with Gasteiger partial charge >= 0.3 is 0 Å². The van der Waals surface area contributed by atoms with Crippen molar-refractivity contribution in [2.24, 2.45) is 0 Å². The summed E-state index contributed by atoms with van der Waals surface area (Å²) >= 11 is 1.89. The van der Waals surface area contributed by atoms with E-state index in [1.807, 2.05) is 11.3 Å². The summed E-state index contributed by atoms with van der Waals surface area (Å²) in [7, 11) is 0. The molecule has 0 atom stereocenters. The van der Waals surface area contributed by atoms with E-state index in [4.69, 9.17) is 4.98 Å². The molecule has 0 N–H and O–H groups in total. The van der Waals surface area contributed by atoms with Gasteiger partial charge in [-0.1, -0.05) is 31.2 Å². The van der Waals surface area contributed by atoms with E-state index in [1.165, 1.54) is 39.5 Å². The number of thiophene rings is 1. The van der Waals surface area contributed by atoms with E-state index in [0.717, 1.165) is 25.1 Å². The summed E-state index contributed by atoms with van der Waals surface area (Å²) in [6, 6.07) is 13.3. The van der Waals surface area contributed by atoms with Crippen LogP contribution in [0.1, 0.15) is 30.5 Å². The van der Waals surface area contributed by atoms with Gasteiger partial charge < -0.3 is 4.57 Å². The molecule has 0 radical (unpaired) electrons. The topological polar surface area (TPSA) is 17.8 Å². The van der Waals surface area contributed by atoms with Crippen molar-refractivity contribution in [1.82, 2.24) is 9.55 Å². The number of rotatable bonds is 3. The van der Waals surface area contributed by atoms with Crippen molar-refractivity contribution in [3.63, 3.8) is 0 Å². The number of hydrogen-bond donors (Lipinski definition) is 0. The summed E-state index contributed by atoms with van der Waals surface area (Å²) in [6.07, 6.45) is 6.99. The molecule has 0 aliphatic carbocycles. The first-order valence-corrected chi connectivity index (χ1v) is 8.90. The first-order valence-electron chi connectivity index (χ1n) is 8.09. The highest BCUT2D eigenvalue weighted by molar-refractivity contribution is 7.15. The van der Waals surface area contributed by atoms with Gasteiger partial charge in [-0.25, -0.2) is 4.98 Å². The van der Waals surface area contributed by atoms with Gasteiger partial charge in [-0.3, -0.25) is 0 Å². The van der Waals surface area contributed by atoms with Crippen LogP contribution in [0.25, 0.3) is 21.7 Å². The number of aryl methyl sites for hydroxylation is 3. The smallest absolute Gasteiger partial charge is 0.109 e. The molecule has 0 amide bonds. The first-order chi connectivity index (χ1) is 10.8. The Bertz CT molecular complexity index is 757. The van der Waals surface area contributed by atoms with Crippen molar-refractivity contribution < 1.29 is 0 Å². The molecule has 0 fully saturated rings. The molecule has 0 unspecified atom stereocenters. The fraction of sp³-hybridized carbons (Fsp3) is 0.316. The van der Waals surface area contributed by atoms with Crippen LogP contribution >= 0.6 is 11.3 Å².